The van der Waals surface area contributed by atoms with Crippen LogP contribution in [-0.4, -0.2) is 40.5 Å². The topological polar surface area (TPSA) is 148 Å². The number of carbonyl (C=O) groups is 1. The molecule has 0 fully saturated rings. The van der Waals surface area contributed by atoms with Crippen LogP contribution in [0.1, 0.15) is 45.7 Å². The first-order valence-electron chi connectivity index (χ1n) is 10.7. The monoisotopic (exact) mass is 529 g/mol. The number of hydrogen-bond donors (Lipinski definition) is 5. The van der Waals surface area contributed by atoms with Crippen LogP contribution in [0, 0.1) is 0 Å². The number of sulfonamides is 1. The van der Waals surface area contributed by atoms with Gasteiger partial charge < -0.3 is 11.8 Å². The SMILES string of the molecule is CCCCC1(C)C(=O)C(C2=NS(O)(O)c3cc(NS(C)(=O)=O)ccc3N2)=C(O)c2ccccc21.[H-].[Na+]. The Hall–Kier alpha value is -1.86. The van der Waals surface area contributed by atoms with E-state index in [0.717, 1.165) is 24.7 Å². The van der Waals surface area contributed by atoms with Crippen molar-refractivity contribution >= 4 is 49.6 Å². The van der Waals surface area contributed by atoms with E-state index in [4.69, 9.17) is 0 Å². The zero-order valence-corrected chi connectivity index (χ0v) is 23.6. The molecule has 2 aromatic carbocycles. The van der Waals surface area contributed by atoms with Crippen LogP contribution >= 0.6 is 10.8 Å². The number of unbranched alkanes of at least 4 members (excludes halogenated alkanes) is 1. The van der Waals surface area contributed by atoms with Gasteiger partial charge in [-0.3, -0.25) is 18.6 Å². The van der Waals surface area contributed by atoms with E-state index in [1.807, 2.05) is 26.0 Å². The van der Waals surface area contributed by atoms with Crippen molar-refractivity contribution in [2.24, 2.45) is 4.40 Å². The Bertz CT molecular complexity index is 1360. The fourth-order valence-corrected chi connectivity index (χ4v) is 6.12. The van der Waals surface area contributed by atoms with Crippen molar-refractivity contribution < 1.29 is 58.4 Å². The van der Waals surface area contributed by atoms with Gasteiger partial charge in [0.1, 0.15) is 16.2 Å². The Kier molecular flexibility index (Phi) is 7.83. The molecule has 0 spiro atoms. The number of ketones is 1. The number of Topliss-reactive ketones (excluding diaryl/α,β-unsaturated/α-hetero) is 1. The fraction of sp³-hybridized carbons (Fsp3) is 0.304. The molecule has 1 heterocycles. The van der Waals surface area contributed by atoms with Crippen molar-refractivity contribution in [3.8, 4) is 0 Å². The average molecular weight is 530 g/mol. The zero-order valence-electron chi connectivity index (χ0n) is 21.0. The van der Waals surface area contributed by atoms with Crippen LogP contribution in [0.3, 0.4) is 0 Å². The van der Waals surface area contributed by atoms with E-state index < -0.39 is 26.2 Å². The molecule has 1 unspecified atom stereocenters. The summed E-state index contributed by atoms with van der Waals surface area (Å²) in [7, 11) is -7.38. The smallest absolute Gasteiger partial charge is 1.00 e. The molecule has 0 bridgehead atoms. The Labute approximate surface area is 230 Å². The van der Waals surface area contributed by atoms with Gasteiger partial charge in [-0.25, -0.2) is 8.42 Å². The summed E-state index contributed by atoms with van der Waals surface area (Å²) < 4.78 is 51.0. The second kappa shape index (κ2) is 9.89. The number of nitrogens with one attached hydrogen (secondary N) is 2. The van der Waals surface area contributed by atoms with Gasteiger partial charge in [0.05, 0.1) is 23.0 Å². The van der Waals surface area contributed by atoms with Gasteiger partial charge in [0.15, 0.2) is 11.6 Å². The van der Waals surface area contributed by atoms with E-state index in [1.165, 1.54) is 18.2 Å². The molecule has 0 radical (unpaired) electrons. The molecule has 2 aromatic rings. The number of nitrogens with zero attached hydrogens (tertiary/aromatic N) is 1. The zero-order chi connectivity index (χ0) is 24.9. The number of amidine groups is 1. The summed E-state index contributed by atoms with van der Waals surface area (Å²) in [4.78, 5) is 13.8. The van der Waals surface area contributed by atoms with Crippen LogP contribution in [0.5, 0.6) is 0 Å². The second-order valence-corrected chi connectivity index (χ2v) is 12.1. The summed E-state index contributed by atoms with van der Waals surface area (Å²) >= 11 is 0. The predicted molar refractivity (Wildman–Crippen MR) is 136 cm³/mol. The predicted octanol–water partition coefficient (Wildman–Crippen LogP) is 2.02. The van der Waals surface area contributed by atoms with Crippen molar-refractivity contribution in [1.82, 2.24) is 0 Å². The Morgan fingerprint density at radius 3 is 2.54 bits per heavy atom. The molecule has 12 heteroatoms. The van der Waals surface area contributed by atoms with Gasteiger partial charge in [-0.15, -0.1) is 4.40 Å². The molecule has 0 amide bonds. The van der Waals surface area contributed by atoms with Crippen LogP contribution in [0.15, 0.2) is 57.3 Å². The van der Waals surface area contributed by atoms with Crippen LogP contribution < -0.4 is 39.6 Å². The number of carbonyl (C=O) groups excluding carboxylic acids is 1. The van der Waals surface area contributed by atoms with Crippen LogP contribution in [-0.2, 0) is 20.2 Å². The summed E-state index contributed by atoms with van der Waals surface area (Å²) in [5, 5.41) is 14.0. The van der Waals surface area contributed by atoms with E-state index in [1.54, 1.807) is 12.1 Å². The van der Waals surface area contributed by atoms with E-state index in [0.29, 0.717) is 12.0 Å². The number of aliphatic hydroxyl groups excluding tert-OH is 1. The summed E-state index contributed by atoms with van der Waals surface area (Å²) in [6.45, 7) is 3.86. The summed E-state index contributed by atoms with van der Waals surface area (Å²) in [6.07, 6.45) is 3.21. The molecule has 0 aromatic heterocycles. The molecule has 1 atom stereocenters. The van der Waals surface area contributed by atoms with Gasteiger partial charge in [0.25, 0.3) is 0 Å². The van der Waals surface area contributed by atoms with E-state index in [-0.39, 0.29) is 70.2 Å². The van der Waals surface area contributed by atoms with Crippen molar-refractivity contribution in [2.75, 3.05) is 16.3 Å². The number of fused-ring (bicyclic) bond motifs is 2. The molecule has 2 aliphatic rings. The van der Waals surface area contributed by atoms with Crippen LogP contribution in [0.25, 0.3) is 5.76 Å². The van der Waals surface area contributed by atoms with Gasteiger partial charge >= 0.3 is 29.6 Å². The molecular formula is C23H28N3NaO6S2. The first-order valence-corrected chi connectivity index (χ1v) is 14.1. The van der Waals surface area contributed by atoms with Crippen molar-refractivity contribution in [2.45, 2.75) is 43.4 Å². The normalized spacial score (nSPS) is 21.6. The molecule has 35 heavy (non-hydrogen) atoms. The molecule has 1 aliphatic carbocycles. The van der Waals surface area contributed by atoms with Crippen molar-refractivity contribution in [3.63, 3.8) is 0 Å². The molecule has 4 rings (SSSR count). The minimum absolute atomic E-state index is 0. The van der Waals surface area contributed by atoms with Crippen LogP contribution in [0.2, 0.25) is 0 Å². The van der Waals surface area contributed by atoms with Gasteiger partial charge in [0, 0.05) is 5.56 Å². The molecule has 0 saturated carbocycles. The van der Waals surface area contributed by atoms with Gasteiger partial charge in [-0.2, -0.15) is 0 Å². The van der Waals surface area contributed by atoms with Gasteiger partial charge in [0.2, 0.25) is 10.0 Å². The quantitative estimate of drug-likeness (QED) is 0.360. The molecule has 1 aliphatic heterocycles. The van der Waals surface area contributed by atoms with Crippen molar-refractivity contribution in [1.29, 1.82) is 0 Å². The first kappa shape index (κ1) is 27.7. The maximum absolute atomic E-state index is 13.8. The second-order valence-electron chi connectivity index (χ2n) is 8.70. The largest absolute Gasteiger partial charge is 1.00 e. The van der Waals surface area contributed by atoms with Crippen LogP contribution in [0.4, 0.5) is 11.4 Å². The van der Waals surface area contributed by atoms with Crippen molar-refractivity contribution in [3.05, 3.63) is 59.2 Å². The Morgan fingerprint density at radius 1 is 1.20 bits per heavy atom. The maximum atomic E-state index is 13.8. The number of benzene rings is 2. The summed E-state index contributed by atoms with van der Waals surface area (Å²) in [6, 6.07) is 11.3. The van der Waals surface area contributed by atoms with Gasteiger partial charge in [-0.05, 0) is 37.1 Å². The third-order valence-electron chi connectivity index (χ3n) is 6.06. The third kappa shape index (κ3) is 5.17. The molecular weight excluding hydrogens is 501 g/mol. The third-order valence-corrected chi connectivity index (χ3v) is 8.03. The molecule has 0 saturated heterocycles. The number of aliphatic hydroxyl groups is 1. The molecule has 9 nitrogen and oxygen atoms in total. The number of rotatable bonds is 6. The standard InChI is InChI=1S/C23H27N3O6S2.Na.H/c1-4-5-12-23(2)16-9-7-6-8-15(16)20(27)19(21(23)28)22-24-17-11-10-14(25-33(3,29)30)13-18(17)34(31,32)26-22;;/h6-11,13,25,27,31-32H,4-5,12H2,1-3H3,(H,24,26);;/q;+1;-1. The first-order chi connectivity index (χ1) is 15.9. The Morgan fingerprint density at radius 2 is 1.89 bits per heavy atom. The Balaban J connectivity index is 0.00000228. The fourth-order valence-electron chi connectivity index (χ4n) is 4.37. The number of anilines is 2. The average Bonchev–Trinajstić information content (AvgIpc) is 2.76. The minimum Gasteiger partial charge on any atom is -1.00 e. The number of hydrogen-bond acceptors (Lipinski definition) is 8. The summed E-state index contributed by atoms with van der Waals surface area (Å²) in [5.41, 5.74) is 0.557. The minimum atomic E-state index is -3.80. The molecule has 5 N–H and O–H groups in total. The van der Waals surface area contributed by atoms with E-state index >= 15 is 0 Å². The maximum Gasteiger partial charge on any atom is 1.00 e. The van der Waals surface area contributed by atoms with Gasteiger partial charge in [-0.1, -0.05) is 54.8 Å². The van der Waals surface area contributed by atoms with E-state index in [2.05, 4.69) is 14.4 Å². The summed E-state index contributed by atoms with van der Waals surface area (Å²) in [5.74, 6) is -0.789. The van der Waals surface area contributed by atoms with E-state index in [9.17, 15) is 27.4 Å². The molecule has 184 valence electrons.